The van der Waals surface area contributed by atoms with E-state index in [9.17, 15) is 4.79 Å². The molecule has 1 aliphatic rings. The maximum absolute atomic E-state index is 12.5. The van der Waals surface area contributed by atoms with Gasteiger partial charge in [-0.05, 0) is 17.6 Å². The zero-order valence-electron chi connectivity index (χ0n) is 11.2. The van der Waals surface area contributed by atoms with Crippen LogP contribution in [0.2, 0.25) is 0 Å². The Labute approximate surface area is 123 Å². The van der Waals surface area contributed by atoms with Gasteiger partial charge in [0.05, 0.1) is 0 Å². The van der Waals surface area contributed by atoms with E-state index in [2.05, 4.69) is 30.3 Å². The van der Waals surface area contributed by atoms with Gasteiger partial charge in [0.15, 0.2) is 5.78 Å². The van der Waals surface area contributed by atoms with Crippen LogP contribution in [0.4, 0.5) is 0 Å². The molecule has 0 spiro atoms. The lowest BCUT2D eigenvalue weighted by atomic mass is 9.96. The van der Waals surface area contributed by atoms with Crippen molar-refractivity contribution in [3.63, 3.8) is 0 Å². The first-order valence-electron chi connectivity index (χ1n) is 6.80. The summed E-state index contributed by atoms with van der Waals surface area (Å²) in [5.74, 6) is 1.08. The Morgan fingerprint density at radius 1 is 0.950 bits per heavy atom. The third-order valence-corrected chi connectivity index (χ3v) is 4.73. The normalized spacial score (nSPS) is 18.4. The number of carbonyl (C=O) groups is 1. The van der Waals surface area contributed by atoms with Crippen LogP contribution in [0.15, 0.2) is 72.3 Å². The highest BCUT2D eigenvalue weighted by Crippen LogP contribution is 2.39. The van der Waals surface area contributed by atoms with Crippen LogP contribution in [0.25, 0.3) is 0 Å². The fourth-order valence-corrected chi connectivity index (χ4v) is 3.63. The summed E-state index contributed by atoms with van der Waals surface area (Å²) < 4.78 is 0. The topological polar surface area (TPSA) is 17.1 Å². The molecule has 0 radical (unpaired) electrons. The van der Waals surface area contributed by atoms with Gasteiger partial charge in [-0.25, -0.2) is 0 Å². The minimum absolute atomic E-state index is 0.173. The van der Waals surface area contributed by atoms with Crippen LogP contribution < -0.4 is 0 Å². The minimum atomic E-state index is 0.173. The van der Waals surface area contributed by atoms with Crippen molar-refractivity contribution in [1.29, 1.82) is 0 Å². The Kier molecular flexibility index (Phi) is 4.03. The smallest absolute Gasteiger partial charge is 0.188 e. The Morgan fingerprint density at radius 2 is 1.60 bits per heavy atom. The van der Waals surface area contributed by atoms with Gasteiger partial charge in [-0.15, -0.1) is 11.8 Å². The molecule has 100 valence electrons. The van der Waals surface area contributed by atoms with Crippen molar-refractivity contribution in [2.75, 3.05) is 5.75 Å². The van der Waals surface area contributed by atoms with Crippen molar-refractivity contribution in [1.82, 2.24) is 0 Å². The van der Waals surface area contributed by atoms with E-state index in [0.29, 0.717) is 5.25 Å². The first kappa shape index (κ1) is 13.2. The molecule has 0 unspecified atom stereocenters. The van der Waals surface area contributed by atoms with Crippen LogP contribution in [-0.4, -0.2) is 11.5 Å². The number of thioether (sulfide) groups is 1. The summed E-state index contributed by atoms with van der Waals surface area (Å²) in [4.78, 5) is 12.5. The van der Waals surface area contributed by atoms with Gasteiger partial charge in [0, 0.05) is 16.6 Å². The number of allylic oxidation sites excluding steroid dienone is 1. The van der Waals surface area contributed by atoms with E-state index in [1.54, 1.807) is 0 Å². The molecule has 2 aromatic carbocycles. The number of hydrogen-bond acceptors (Lipinski definition) is 2. The SMILES string of the molecule is O=C(C1=CCS[C@@H](c2ccccc2)C1)c1ccccc1. The molecular formula is C18H16OS. The number of benzene rings is 2. The lowest BCUT2D eigenvalue weighted by Gasteiger charge is -2.22. The van der Waals surface area contributed by atoms with E-state index in [-0.39, 0.29) is 5.78 Å². The highest BCUT2D eigenvalue weighted by atomic mass is 32.2. The van der Waals surface area contributed by atoms with E-state index in [0.717, 1.165) is 23.3 Å². The second-order valence-electron chi connectivity index (χ2n) is 4.86. The third-order valence-electron chi connectivity index (χ3n) is 3.53. The molecule has 1 atom stereocenters. The second kappa shape index (κ2) is 6.10. The number of carbonyl (C=O) groups excluding carboxylic acids is 1. The molecular weight excluding hydrogens is 264 g/mol. The highest BCUT2D eigenvalue weighted by Gasteiger charge is 2.22. The van der Waals surface area contributed by atoms with Gasteiger partial charge in [-0.3, -0.25) is 4.79 Å². The van der Waals surface area contributed by atoms with Crippen molar-refractivity contribution in [3.8, 4) is 0 Å². The largest absolute Gasteiger partial charge is 0.289 e. The summed E-state index contributed by atoms with van der Waals surface area (Å²) in [7, 11) is 0. The fraction of sp³-hybridized carbons (Fsp3) is 0.167. The van der Waals surface area contributed by atoms with Gasteiger partial charge in [0.2, 0.25) is 0 Å². The van der Waals surface area contributed by atoms with Crippen molar-refractivity contribution in [3.05, 3.63) is 83.4 Å². The number of Topliss-reactive ketones (excluding diaryl/α,β-unsaturated/α-hetero) is 1. The summed E-state index contributed by atoms with van der Waals surface area (Å²) >= 11 is 1.90. The summed E-state index contributed by atoms with van der Waals surface area (Å²) in [6.07, 6.45) is 2.90. The molecule has 2 aromatic rings. The second-order valence-corrected chi connectivity index (χ2v) is 6.10. The van der Waals surface area contributed by atoms with Crippen LogP contribution in [-0.2, 0) is 0 Å². The molecule has 0 bridgehead atoms. The van der Waals surface area contributed by atoms with E-state index >= 15 is 0 Å². The van der Waals surface area contributed by atoms with Crippen LogP contribution in [0.1, 0.15) is 27.6 Å². The van der Waals surface area contributed by atoms with E-state index in [1.807, 2.05) is 48.2 Å². The first-order chi connectivity index (χ1) is 9.84. The van der Waals surface area contributed by atoms with Crippen LogP contribution >= 0.6 is 11.8 Å². The van der Waals surface area contributed by atoms with Crippen LogP contribution in [0.3, 0.4) is 0 Å². The number of hydrogen-bond donors (Lipinski definition) is 0. The number of ketones is 1. The standard InChI is InChI=1S/C18H16OS/c19-18(15-9-5-2-6-10-15)16-11-12-20-17(13-16)14-7-3-1-4-8-14/h1-11,17H,12-13H2/t17-/m1/s1. The maximum Gasteiger partial charge on any atom is 0.188 e. The summed E-state index contributed by atoms with van der Waals surface area (Å²) in [6, 6.07) is 20.0. The molecule has 1 aliphatic heterocycles. The highest BCUT2D eigenvalue weighted by molar-refractivity contribution is 7.99. The van der Waals surface area contributed by atoms with Gasteiger partial charge in [-0.2, -0.15) is 0 Å². The van der Waals surface area contributed by atoms with Crippen molar-refractivity contribution in [2.45, 2.75) is 11.7 Å². The summed E-state index contributed by atoms with van der Waals surface area (Å²) in [5.41, 5.74) is 3.05. The van der Waals surface area contributed by atoms with E-state index in [4.69, 9.17) is 0 Å². The predicted octanol–water partition coefficient (Wildman–Crippen LogP) is 4.67. The maximum atomic E-state index is 12.5. The van der Waals surface area contributed by atoms with Gasteiger partial charge >= 0.3 is 0 Å². The average Bonchev–Trinajstić information content (AvgIpc) is 2.56. The minimum Gasteiger partial charge on any atom is -0.289 e. The molecule has 3 rings (SSSR count). The third kappa shape index (κ3) is 2.86. The molecule has 0 saturated heterocycles. The average molecular weight is 280 g/mol. The predicted molar refractivity (Wildman–Crippen MR) is 85.1 cm³/mol. The lowest BCUT2D eigenvalue weighted by molar-refractivity contribution is 0.103. The molecule has 1 nitrogen and oxygen atoms in total. The molecule has 0 fully saturated rings. The van der Waals surface area contributed by atoms with Crippen LogP contribution in [0.5, 0.6) is 0 Å². The summed E-state index contributed by atoms with van der Waals surface area (Å²) in [6.45, 7) is 0. The molecule has 0 amide bonds. The fourth-order valence-electron chi connectivity index (χ4n) is 2.45. The van der Waals surface area contributed by atoms with Gasteiger partial charge in [0.1, 0.15) is 0 Å². The molecule has 20 heavy (non-hydrogen) atoms. The van der Waals surface area contributed by atoms with E-state index < -0.39 is 0 Å². The lowest BCUT2D eigenvalue weighted by Crippen LogP contribution is -2.11. The Balaban J connectivity index is 1.79. The number of rotatable bonds is 3. The molecule has 0 saturated carbocycles. The van der Waals surface area contributed by atoms with Gasteiger partial charge in [-0.1, -0.05) is 66.7 Å². The monoisotopic (exact) mass is 280 g/mol. The zero-order chi connectivity index (χ0) is 13.8. The molecule has 0 aliphatic carbocycles. The summed E-state index contributed by atoms with van der Waals surface area (Å²) in [5, 5.41) is 0.392. The van der Waals surface area contributed by atoms with Crippen LogP contribution in [0, 0.1) is 0 Å². The Hall–Kier alpha value is -1.80. The van der Waals surface area contributed by atoms with Gasteiger partial charge < -0.3 is 0 Å². The quantitative estimate of drug-likeness (QED) is 0.760. The van der Waals surface area contributed by atoms with Crippen molar-refractivity contribution in [2.24, 2.45) is 0 Å². The van der Waals surface area contributed by atoms with E-state index in [1.165, 1.54) is 5.56 Å². The molecule has 0 N–H and O–H groups in total. The zero-order valence-corrected chi connectivity index (χ0v) is 12.0. The molecule has 1 heterocycles. The molecule has 2 heteroatoms. The Morgan fingerprint density at radius 3 is 2.30 bits per heavy atom. The molecule has 0 aromatic heterocycles. The van der Waals surface area contributed by atoms with Gasteiger partial charge in [0.25, 0.3) is 0 Å². The van der Waals surface area contributed by atoms with Crippen molar-refractivity contribution < 1.29 is 4.79 Å². The first-order valence-corrected chi connectivity index (χ1v) is 7.85. The Bertz CT molecular complexity index is 616. The van der Waals surface area contributed by atoms with Crippen molar-refractivity contribution >= 4 is 17.5 Å².